The molecule has 0 amide bonds. The summed E-state index contributed by atoms with van der Waals surface area (Å²) in [5, 5.41) is 10.1. The van der Waals surface area contributed by atoms with Crippen LogP contribution in [0.4, 0.5) is 0 Å². The number of hydrogen-bond donors (Lipinski definition) is 2. The normalized spacial score (nSPS) is 12.5. The van der Waals surface area contributed by atoms with E-state index < -0.39 is 0 Å². The number of quaternary nitrogens is 1. The van der Waals surface area contributed by atoms with Gasteiger partial charge in [-0.25, -0.2) is 0 Å². The van der Waals surface area contributed by atoms with Gasteiger partial charge in [-0.3, -0.25) is 4.99 Å². The maximum absolute atomic E-state index is 10.1. The number of aromatic hydroxyl groups is 1. The van der Waals surface area contributed by atoms with E-state index in [2.05, 4.69) is 31.2 Å². The van der Waals surface area contributed by atoms with Gasteiger partial charge in [0.05, 0.1) is 34.4 Å². The summed E-state index contributed by atoms with van der Waals surface area (Å²) in [6.45, 7) is 3.32. The number of nitrogens with zero attached hydrogens (tertiary/aromatic N) is 1. The van der Waals surface area contributed by atoms with Crippen molar-refractivity contribution in [2.75, 3.05) is 34.4 Å². The fraction of sp³-hybridized carbons (Fsp3) is 0.381. The summed E-state index contributed by atoms with van der Waals surface area (Å²) in [6, 6.07) is 13.6. The summed E-state index contributed by atoms with van der Waals surface area (Å²) >= 11 is 0. The Bertz CT molecular complexity index is 712. The van der Waals surface area contributed by atoms with Crippen LogP contribution >= 0.6 is 0 Å². The van der Waals surface area contributed by atoms with E-state index in [1.807, 2.05) is 31.2 Å². The molecule has 1 atom stereocenters. The summed E-state index contributed by atoms with van der Waals surface area (Å²) in [4.78, 5) is 5.85. The number of rotatable bonds is 9. The predicted molar refractivity (Wildman–Crippen MR) is 105 cm³/mol. The monoisotopic (exact) mass is 357 g/mol. The van der Waals surface area contributed by atoms with Crippen LogP contribution in [0.1, 0.15) is 30.5 Å². The molecule has 0 radical (unpaired) electrons. The van der Waals surface area contributed by atoms with E-state index >= 15 is 0 Å². The van der Waals surface area contributed by atoms with Crippen molar-refractivity contribution in [3.63, 3.8) is 0 Å². The van der Waals surface area contributed by atoms with E-state index in [-0.39, 0.29) is 11.8 Å². The molecule has 2 aromatic rings. The molecule has 5 heteroatoms. The zero-order valence-corrected chi connectivity index (χ0v) is 16.0. The number of phenolic OH excluding ortho intramolecular Hbond substituents is 1. The van der Waals surface area contributed by atoms with Crippen molar-refractivity contribution in [2.45, 2.75) is 19.4 Å². The number of benzene rings is 2. The first kappa shape index (κ1) is 19.8. The number of likely N-dealkylation sites (N-methyl/N-ethyl adjacent to an activating group) is 1. The first-order chi connectivity index (χ1) is 12.5. The molecule has 5 nitrogen and oxygen atoms in total. The van der Waals surface area contributed by atoms with Crippen molar-refractivity contribution in [3.05, 3.63) is 53.6 Å². The van der Waals surface area contributed by atoms with Crippen LogP contribution in [0.25, 0.3) is 0 Å². The van der Waals surface area contributed by atoms with Gasteiger partial charge < -0.3 is 19.5 Å². The lowest BCUT2D eigenvalue weighted by Gasteiger charge is -2.20. The van der Waals surface area contributed by atoms with E-state index in [4.69, 9.17) is 9.47 Å². The largest absolute Gasteiger partial charge is 0.507 e. The van der Waals surface area contributed by atoms with Gasteiger partial charge in [0.15, 0.2) is 0 Å². The standard InChI is InChI=1S/C21H28N2O3/c1-5-12-26-19-11-8-17(21(24)13-19)14-22-15-20(23(2)3)16-6-9-18(25-4)10-7-16/h6-11,13-14,20,24H,5,12,15H2,1-4H3/p+1/t20-/m1/s1. The molecule has 140 valence electrons. The average molecular weight is 357 g/mol. The van der Waals surface area contributed by atoms with Gasteiger partial charge in [0.1, 0.15) is 23.3 Å². The molecule has 0 saturated heterocycles. The highest BCUT2D eigenvalue weighted by molar-refractivity contribution is 5.83. The third-order valence-electron chi connectivity index (χ3n) is 4.21. The second kappa shape index (κ2) is 9.82. The van der Waals surface area contributed by atoms with Gasteiger partial charge in [0, 0.05) is 23.4 Å². The second-order valence-corrected chi connectivity index (χ2v) is 6.47. The molecule has 0 aliphatic rings. The summed E-state index contributed by atoms with van der Waals surface area (Å²) in [6.07, 6.45) is 2.65. The Morgan fingerprint density at radius 1 is 1.12 bits per heavy atom. The van der Waals surface area contributed by atoms with Crippen LogP contribution in [0, 0.1) is 0 Å². The fourth-order valence-corrected chi connectivity index (χ4v) is 2.66. The number of methoxy groups -OCH3 is 1. The van der Waals surface area contributed by atoms with Gasteiger partial charge in [-0.15, -0.1) is 0 Å². The lowest BCUT2D eigenvalue weighted by molar-refractivity contribution is -0.890. The number of ether oxygens (including phenoxy) is 2. The lowest BCUT2D eigenvalue weighted by Crippen LogP contribution is -3.06. The van der Waals surface area contributed by atoms with E-state index in [0.29, 0.717) is 24.5 Å². The maximum atomic E-state index is 10.1. The Balaban J connectivity index is 2.06. The summed E-state index contributed by atoms with van der Waals surface area (Å²) in [5.41, 5.74) is 1.89. The van der Waals surface area contributed by atoms with Crippen molar-refractivity contribution < 1.29 is 19.5 Å². The Kier molecular flexibility index (Phi) is 7.48. The highest BCUT2D eigenvalue weighted by Crippen LogP contribution is 2.22. The fourth-order valence-electron chi connectivity index (χ4n) is 2.66. The molecule has 0 aliphatic carbocycles. The maximum Gasteiger partial charge on any atom is 0.132 e. The Morgan fingerprint density at radius 3 is 2.38 bits per heavy atom. The second-order valence-electron chi connectivity index (χ2n) is 6.47. The molecule has 0 aliphatic heterocycles. The molecule has 0 bridgehead atoms. The van der Waals surface area contributed by atoms with E-state index in [1.54, 1.807) is 19.4 Å². The van der Waals surface area contributed by atoms with Crippen molar-refractivity contribution in [2.24, 2.45) is 4.99 Å². The van der Waals surface area contributed by atoms with Crippen molar-refractivity contribution in [1.82, 2.24) is 0 Å². The van der Waals surface area contributed by atoms with Crippen LogP contribution in [-0.4, -0.2) is 45.7 Å². The van der Waals surface area contributed by atoms with Crippen LogP contribution in [0.15, 0.2) is 47.5 Å². The van der Waals surface area contributed by atoms with Crippen molar-refractivity contribution >= 4 is 6.21 Å². The molecule has 0 spiro atoms. The van der Waals surface area contributed by atoms with E-state index in [9.17, 15) is 5.11 Å². The Hall–Kier alpha value is -2.53. The van der Waals surface area contributed by atoms with Gasteiger partial charge in [-0.1, -0.05) is 6.92 Å². The molecular weight excluding hydrogens is 328 g/mol. The first-order valence-electron chi connectivity index (χ1n) is 8.94. The molecule has 0 fully saturated rings. The van der Waals surface area contributed by atoms with Gasteiger partial charge >= 0.3 is 0 Å². The van der Waals surface area contributed by atoms with Crippen LogP contribution in [0.3, 0.4) is 0 Å². The van der Waals surface area contributed by atoms with Crippen molar-refractivity contribution in [1.29, 1.82) is 0 Å². The number of aliphatic imine (C=N–C) groups is 1. The molecule has 0 saturated carbocycles. The van der Waals surface area contributed by atoms with Crippen LogP contribution in [-0.2, 0) is 0 Å². The zero-order chi connectivity index (χ0) is 18.9. The van der Waals surface area contributed by atoms with Crippen molar-refractivity contribution in [3.8, 4) is 17.2 Å². The average Bonchev–Trinajstić information content (AvgIpc) is 2.64. The molecule has 2 aromatic carbocycles. The summed E-state index contributed by atoms with van der Waals surface area (Å²) < 4.78 is 10.7. The smallest absolute Gasteiger partial charge is 0.132 e. The van der Waals surface area contributed by atoms with Gasteiger partial charge in [0.2, 0.25) is 0 Å². The topological polar surface area (TPSA) is 55.5 Å². The predicted octanol–water partition coefficient (Wildman–Crippen LogP) is 2.49. The minimum absolute atomic E-state index is 0.181. The van der Waals surface area contributed by atoms with Crippen LogP contribution < -0.4 is 14.4 Å². The molecule has 0 unspecified atom stereocenters. The third-order valence-corrected chi connectivity index (χ3v) is 4.21. The molecule has 2 N–H and O–H groups in total. The number of nitrogens with one attached hydrogen (secondary N) is 1. The molecule has 26 heavy (non-hydrogen) atoms. The summed E-state index contributed by atoms with van der Waals surface area (Å²) in [5.74, 6) is 1.70. The molecule has 0 heterocycles. The minimum Gasteiger partial charge on any atom is -0.507 e. The highest BCUT2D eigenvalue weighted by Gasteiger charge is 2.17. The number of hydrogen-bond acceptors (Lipinski definition) is 4. The SMILES string of the molecule is CCCOc1ccc(C=NC[C@H](c2ccc(OC)cc2)[NH+](C)C)c(O)c1. The Morgan fingerprint density at radius 2 is 1.81 bits per heavy atom. The first-order valence-corrected chi connectivity index (χ1v) is 8.94. The van der Waals surface area contributed by atoms with Crippen LogP contribution in [0.2, 0.25) is 0 Å². The van der Waals surface area contributed by atoms with Gasteiger partial charge in [-0.05, 0) is 42.8 Å². The van der Waals surface area contributed by atoms with Crippen LogP contribution in [0.5, 0.6) is 17.2 Å². The molecule has 0 aromatic heterocycles. The number of phenols is 1. The molecular formula is C21H29N2O3+. The van der Waals surface area contributed by atoms with Gasteiger partial charge in [-0.2, -0.15) is 0 Å². The van der Waals surface area contributed by atoms with E-state index in [1.165, 1.54) is 10.5 Å². The van der Waals surface area contributed by atoms with Gasteiger partial charge in [0.25, 0.3) is 0 Å². The highest BCUT2D eigenvalue weighted by atomic mass is 16.5. The quantitative estimate of drug-likeness (QED) is 0.678. The summed E-state index contributed by atoms with van der Waals surface area (Å²) in [7, 11) is 5.89. The van der Waals surface area contributed by atoms with E-state index in [0.717, 1.165) is 12.2 Å². The minimum atomic E-state index is 0.181. The third kappa shape index (κ3) is 5.49. The lowest BCUT2D eigenvalue weighted by atomic mass is 10.1. The Labute approximate surface area is 155 Å². The zero-order valence-electron chi connectivity index (χ0n) is 16.0. The molecule has 2 rings (SSSR count).